The van der Waals surface area contributed by atoms with Crippen molar-refractivity contribution < 1.29 is 14.3 Å². The Bertz CT molecular complexity index is 467. The van der Waals surface area contributed by atoms with Gasteiger partial charge in [0.05, 0.1) is 0 Å². The average molecular weight is 248 g/mol. The Morgan fingerprint density at radius 1 is 1.11 bits per heavy atom. The highest BCUT2D eigenvalue weighted by molar-refractivity contribution is 5.95. The number of piperazine rings is 1. The molecular weight excluding hydrogens is 232 g/mol. The molecule has 5 heteroatoms. The smallest absolute Gasteiger partial charge is 0.254 e. The van der Waals surface area contributed by atoms with Crippen LogP contribution in [0.2, 0.25) is 0 Å². The predicted molar refractivity (Wildman–Crippen MR) is 66.0 cm³/mol. The zero-order valence-electron chi connectivity index (χ0n) is 10.4. The fourth-order valence-electron chi connectivity index (χ4n) is 2.22. The van der Waals surface area contributed by atoms with E-state index in [0.29, 0.717) is 17.1 Å². The minimum Gasteiger partial charge on any atom is -0.454 e. The number of likely N-dealkylation sites (N-methyl/N-ethyl adjacent to an activating group) is 1. The average Bonchev–Trinajstić information content (AvgIpc) is 2.86. The molecule has 0 aromatic heterocycles. The van der Waals surface area contributed by atoms with Crippen LogP contribution in [-0.2, 0) is 0 Å². The van der Waals surface area contributed by atoms with Gasteiger partial charge < -0.3 is 19.3 Å². The van der Waals surface area contributed by atoms with Crippen molar-refractivity contribution in [3.8, 4) is 11.5 Å². The van der Waals surface area contributed by atoms with Gasteiger partial charge in [0.15, 0.2) is 11.5 Å². The van der Waals surface area contributed by atoms with Gasteiger partial charge in [0, 0.05) is 31.7 Å². The number of hydrogen-bond donors (Lipinski definition) is 0. The second kappa shape index (κ2) is 4.49. The quantitative estimate of drug-likeness (QED) is 0.737. The van der Waals surface area contributed by atoms with Gasteiger partial charge in [0.2, 0.25) is 6.79 Å². The summed E-state index contributed by atoms with van der Waals surface area (Å²) in [6.45, 7) is 3.65. The number of rotatable bonds is 1. The lowest BCUT2D eigenvalue weighted by atomic mass is 10.1. The Morgan fingerprint density at radius 2 is 1.83 bits per heavy atom. The van der Waals surface area contributed by atoms with Gasteiger partial charge in [-0.1, -0.05) is 0 Å². The standard InChI is InChI=1S/C13H16N2O3/c1-14-4-6-15(7-5-14)13(16)10-2-3-11-12(8-10)18-9-17-11/h2-3,8H,4-7,9H2,1H3. The Balaban J connectivity index is 1.76. The summed E-state index contributed by atoms with van der Waals surface area (Å²) in [4.78, 5) is 16.4. The number of carbonyl (C=O) groups excluding carboxylic acids is 1. The van der Waals surface area contributed by atoms with Gasteiger partial charge in [0.25, 0.3) is 5.91 Å². The first-order valence-corrected chi connectivity index (χ1v) is 6.11. The lowest BCUT2D eigenvalue weighted by Crippen LogP contribution is -2.47. The highest BCUT2D eigenvalue weighted by Gasteiger charge is 2.22. The number of nitrogens with zero attached hydrogens (tertiary/aromatic N) is 2. The van der Waals surface area contributed by atoms with Crippen LogP contribution >= 0.6 is 0 Å². The van der Waals surface area contributed by atoms with E-state index >= 15 is 0 Å². The maximum Gasteiger partial charge on any atom is 0.254 e. The number of ether oxygens (including phenoxy) is 2. The molecule has 0 unspecified atom stereocenters. The normalized spacial score (nSPS) is 19.1. The first-order valence-electron chi connectivity index (χ1n) is 6.11. The summed E-state index contributed by atoms with van der Waals surface area (Å²) in [7, 11) is 2.07. The maximum absolute atomic E-state index is 12.3. The van der Waals surface area contributed by atoms with E-state index < -0.39 is 0 Å². The Morgan fingerprint density at radius 3 is 2.61 bits per heavy atom. The van der Waals surface area contributed by atoms with Gasteiger partial charge in [0.1, 0.15) is 0 Å². The second-order valence-electron chi connectivity index (χ2n) is 4.66. The summed E-state index contributed by atoms with van der Waals surface area (Å²) in [5.74, 6) is 1.45. The van der Waals surface area contributed by atoms with E-state index in [9.17, 15) is 4.79 Å². The van der Waals surface area contributed by atoms with Crippen LogP contribution in [0.15, 0.2) is 18.2 Å². The lowest BCUT2D eigenvalue weighted by Gasteiger charge is -2.32. The SMILES string of the molecule is CN1CCN(C(=O)c2ccc3c(c2)OCO3)CC1. The van der Waals surface area contributed by atoms with Gasteiger partial charge in [-0.2, -0.15) is 0 Å². The van der Waals surface area contributed by atoms with Gasteiger partial charge >= 0.3 is 0 Å². The molecule has 2 heterocycles. The van der Waals surface area contributed by atoms with Gasteiger partial charge in [-0.25, -0.2) is 0 Å². The number of amides is 1. The molecule has 1 amide bonds. The molecule has 96 valence electrons. The van der Waals surface area contributed by atoms with E-state index in [1.807, 2.05) is 4.90 Å². The van der Waals surface area contributed by atoms with Crippen molar-refractivity contribution in [3.63, 3.8) is 0 Å². The molecular formula is C13H16N2O3. The first kappa shape index (κ1) is 11.3. The maximum atomic E-state index is 12.3. The largest absolute Gasteiger partial charge is 0.454 e. The third kappa shape index (κ3) is 2.01. The molecule has 0 aliphatic carbocycles. The molecule has 0 saturated carbocycles. The summed E-state index contributed by atoms with van der Waals surface area (Å²) in [6, 6.07) is 5.36. The van der Waals surface area contributed by atoms with Gasteiger partial charge in [-0.3, -0.25) is 4.79 Å². The molecule has 5 nitrogen and oxygen atoms in total. The zero-order valence-corrected chi connectivity index (χ0v) is 10.4. The monoisotopic (exact) mass is 248 g/mol. The molecule has 0 radical (unpaired) electrons. The fourth-order valence-corrected chi connectivity index (χ4v) is 2.22. The third-order valence-electron chi connectivity index (χ3n) is 3.41. The van der Waals surface area contributed by atoms with Crippen molar-refractivity contribution >= 4 is 5.91 Å². The predicted octanol–water partition coefficient (Wildman–Crippen LogP) is 0.803. The molecule has 0 N–H and O–H groups in total. The van der Waals surface area contributed by atoms with Gasteiger partial charge in [-0.15, -0.1) is 0 Å². The molecule has 1 saturated heterocycles. The molecule has 1 aromatic carbocycles. The van der Waals surface area contributed by atoms with E-state index in [1.54, 1.807) is 18.2 Å². The van der Waals surface area contributed by atoms with Crippen LogP contribution < -0.4 is 9.47 Å². The minimum absolute atomic E-state index is 0.0707. The van der Waals surface area contributed by atoms with E-state index in [0.717, 1.165) is 26.2 Å². The molecule has 2 aliphatic rings. The van der Waals surface area contributed by atoms with Gasteiger partial charge in [-0.05, 0) is 25.2 Å². The molecule has 1 fully saturated rings. The summed E-state index contributed by atoms with van der Waals surface area (Å²) < 4.78 is 10.5. The van der Waals surface area contributed by atoms with E-state index in [1.165, 1.54) is 0 Å². The minimum atomic E-state index is 0.0707. The molecule has 0 spiro atoms. The molecule has 2 aliphatic heterocycles. The van der Waals surface area contributed by atoms with Crippen LogP contribution in [0.4, 0.5) is 0 Å². The fraction of sp³-hybridized carbons (Fsp3) is 0.462. The summed E-state index contributed by atoms with van der Waals surface area (Å²) in [5.41, 5.74) is 0.670. The number of fused-ring (bicyclic) bond motifs is 1. The highest BCUT2D eigenvalue weighted by Crippen LogP contribution is 2.32. The molecule has 0 atom stereocenters. The first-order chi connectivity index (χ1) is 8.74. The van der Waals surface area contributed by atoms with Crippen LogP contribution in [0.5, 0.6) is 11.5 Å². The van der Waals surface area contributed by atoms with Crippen molar-refractivity contribution in [1.82, 2.24) is 9.80 Å². The molecule has 18 heavy (non-hydrogen) atoms. The highest BCUT2D eigenvalue weighted by atomic mass is 16.7. The second-order valence-corrected chi connectivity index (χ2v) is 4.66. The van der Waals surface area contributed by atoms with Crippen LogP contribution in [-0.4, -0.2) is 55.7 Å². The van der Waals surface area contributed by atoms with Crippen LogP contribution in [0, 0.1) is 0 Å². The van der Waals surface area contributed by atoms with Crippen LogP contribution in [0.25, 0.3) is 0 Å². The van der Waals surface area contributed by atoms with E-state index in [-0.39, 0.29) is 12.7 Å². The topological polar surface area (TPSA) is 42.0 Å². The third-order valence-corrected chi connectivity index (χ3v) is 3.41. The van der Waals surface area contributed by atoms with Crippen molar-refractivity contribution in [3.05, 3.63) is 23.8 Å². The van der Waals surface area contributed by atoms with Crippen molar-refractivity contribution in [2.24, 2.45) is 0 Å². The van der Waals surface area contributed by atoms with E-state index in [4.69, 9.17) is 9.47 Å². The lowest BCUT2D eigenvalue weighted by molar-refractivity contribution is 0.0663. The number of carbonyl (C=O) groups is 1. The van der Waals surface area contributed by atoms with E-state index in [2.05, 4.69) is 11.9 Å². The molecule has 1 aromatic rings. The summed E-state index contributed by atoms with van der Waals surface area (Å²) in [5, 5.41) is 0. The van der Waals surface area contributed by atoms with Crippen LogP contribution in [0.3, 0.4) is 0 Å². The zero-order chi connectivity index (χ0) is 12.5. The van der Waals surface area contributed by atoms with Crippen molar-refractivity contribution in [2.75, 3.05) is 40.0 Å². The Labute approximate surface area is 106 Å². The number of benzene rings is 1. The molecule has 3 rings (SSSR count). The van der Waals surface area contributed by atoms with Crippen molar-refractivity contribution in [2.45, 2.75) is 0 Å². The van der Waals surface area contributed by atoms with Crippen LogP contribution in [0.1, 0.15) is 10.4 Å². The Hall–Kier alpha value is -1.75. The molecule has 0 bridgehead atoms. The summed E-state index contributed by atoms with van der Waals surface area (Å²) in [6.07, 6.45) is 0. The van der Waals surface area contributed by atoms with Crippen molar-refractivity contribution in [1.29, 1.82) is 0 Å². The summed E-state index contributed by atoms with van der Waals surface area (Å²) >= 11 is 0. The Kier molecular flexibility index (Phi) is 2.83. The number of hydrogen-bond acceptors (Lipinski definition) is 4.